The molecule has 1 amide bonds. The quantitative estimate of drug-likeness (QED) is 0.315. The number of phenols is 1. The van der Waals surface area contributed by atoms with Gasteiger partial charge in [-0.25, -0.2) is 0 Å². The Morgan fingerprint density at radius 1 is 1.09 bits per heavy atom. The van der Waals surface area contributed by atoms with E-state index in [-0.39, 0.29) is 28.2 Å². The van der Waals surface area contributed by atoms with Crippen LogP contribution in [0.2, 0.25) is 0 Å². The van der Waals surface area contributed by atoms with Gasteiger partial charge in [-0.15, -0.1) is 0 Å². The van der Waals surface area contributed by atoms with E-state index in [1.54, 1.807) is 12.1 Å². The van der Waals surface area contributed by atoms with Crippen LogP contribution in [0, 0.1) is 6.92 Å². The first-order valence-corrected chi connectivity index (χ1v) is 11.9. The molecule has 0 spiro atoms. The number of rotatable bonds is 7. The molecule has 182 valence electrons. The van der Waals surface area contributed by atoms with Gasteiger partial charge in [-0.05, 0) is 60.6 Å². The van der Waals surface area contributed by atoms with E-state index in [4.69, 9.17) is 4.74 Å². The third-order valence-electron chi connectivity index (χ3n) is 6.25. The number of benzene rings is 2. The van der Waals surface area contributed by atoms with Crippen LogP contribution in [-0.4, -0.2) is 40.0 Å². The first-order valence-electron chi connectivity index (χ1n) is 11.9. The van der Waals surface area contributed by atoms with Gasteiger partial charge in [-0.3, -0.25) is 9.59 Å². The fourth-order valence-electron chi connectivity index (χ4n) is 4.25. The van der Waals surface area contributed by atoms with Gasteiger partial charge in [0.1, 0.15) is 5.76 Å². The maximum Gasteiger partial charge on any atom is 0.295 e. The molecule has 0 aromatic heterocycles. The number of phenolic OH excluding ortho intramolecular Hbond substituents is 1. The van der Waals surface area contributed by atoms with Crippen molar-refractivity contribution >= 4 is 17.4 Å². The summed E-state index contributed by atoms with van der Waals surface area (Å²) < 4.78 is 5.54. The number of aliphatic hydroxyl groups excluding tert-OH is 1. The molecule has 0 radical (unpaired) electrons. The molecule has 1 aliphatic heterocycles. The van der Waals surface area contributed by atoms with Crippen molar-refractivity contribution in [2.75, 3.05) is 13.2 Å². The fourth-order valence-corrected chi connectivity index (χ4v) is 4.25. The van der Waals surface area contributed by atoms with Crippen molar-refractivity contribution in [1.29, 1.82) is 0 Å². The summed E-state index contributed by atoms with van der Waals surface area (Å²) in [7, 11) is 0. The number of aromatic hydroxyl groups is 1. The monoisotopic (exact) mass is 465 g/mol. The van der Waals surface area contributed by atoms with Crippen molar-refractivity contribution in [3.8, 4) is 11.5 Å². The maximum absolute atomic E-state index is 13.3. The topological polar surface area (TPSA) is 87.1 Å². The minimum Gasteiger partial charge on any atom is -0.507 e. The largest absolute Gasteiger partial charge is 0.507 e. The summed E-state index contributed by atoms with van der Waals surface area (Å²) in [5, 5.41) is 21.7. The zero-order chi connectivity index (χ0) is 25.2. The van der Waals surface area contributed by atoms with Crippen LogP contribution < -0.4 is 4.74 Å². The molecule has 1 fully saturated rings. The number of aliphatic hydroxyl groups is 1. The number of amides is 1. The van der Waals surface area contributed by atoms with E-state index < -0.39 is 17.7 Å². The number of ketones is 1. The van der Waals surface area contributed by atoms with Crippen molar-refractivity contribution in [3.05, 3.63) is 64.2 Å². The molecule has 1 saturated heterocycles. The van der Waals surface area contributed by atoms with Crippen LogP contribution in [0.4, 0.5) is 0 Å². The summed E-state index contributed by atoms with van der Waals surface area (Å²) in [5.74, 6) is -1.27. The van der Waals surface area contributed by atoms with Crippen molar-refractivity contribution in [3.63, 3.8) is 0 Å². The van der Waals surface area contributed by atoms with Gasteiger partial charge in [0, 0.05) is 12.1 Å². The Bertz CT molecular complexity index is 1130. The summed E-state index contributed by atoms with van der Waals surface area (Å²) in [5.41, 5.74) is 2.86. The van der Waals surface area contributed by atoms with Gasteiger partial charge < -0.3 is 19.8 Å². The van der Waals surface area contributed by atoms with Gasteiger partial charge in [-0.2, -0.15) is 0 Å². The third-order valence-corrected chi connectivity index (χ3v) is 6.25. The average Bonchev–Trinajstić information content (AvgIpc) is 3.03. The van der Waals surface area contributed by atoms with Gasteiger partial charge in [0.15, 0.2) is 11.5 Å². The van der Waals surface area contributed by atoms with E-state index in [1.807, 2.05) is 39.0 Å². The van der Waals surface area contributed by atoms with Crippen LogP contribution in [0.5, 0.6) is 11.5 Å². The minimum absolute atomic E-state index is 0.0233. The second-order valence-electron chi connectivity index (χ2n) is 9.79. The molecule has 3 rings (SSSR count). The smallest absolute Gasteiger partial charge is 0.295 e. The molecule has 1 unspecified atom stereocenters. The molecule has 2 N–H and O–H groups in total. The minimum atomic E-state index is -0.774. The molecule has 6 heteroatoms. The Labute approximate surface area is 201 Å². The van der Waals surface area contributed by atoms with Crippen LogP contribution in [-0.2, 0) is 15.0 Å². The number of aryl methyl sites for hydroxylation is 1. The van der Waals surface area contributed by atoms with E-state index in [0.717, 1.165) is 24.0 Å². The molecule has 0 saturated carbocycles. The number of likely N-dealkylation sites (tertiary alicyclic amines) is 1. The Morgan fingerprint density at radius 2 is 1.79 bits per heavy atom. The molecule has 0 bridgehead atoms. The molecule has 2 aromatic rings. The first-order chi connectivity index (χ1) is 16.0. The first kappa shape index (κ1) is 25.3. The molecule has 6 nitrogen and oxygen atoms in total. The molecular formula is C28H35NO5. The van der Waals surface area contributed by atoms with Crippen LogP contribution in [0.3, 0.4) is 0 Å². The van der Waals surface area contributed by atoms with Crippen molar-refractivity contribution in [1.82, 2.24) is 4.90 Å². The van der Waals surface area contributed by atoms with Gasteiger partial charge in [-0.1, -0.05) is 52.3 Å². The highest BCUT2D eigenvalue weighted by atomic mass is 16.5. The van der Waals surface area contributed by atoms with Gasteiger partial charge >= 0.3 is 0 Å². The number of ether oxygens (including phenoxy) is 1. The fraction of sp³-hybridized carbons (Fsp3) is 0.429. The number of Topliss-reactive ketones (excluding diaryl/α,β-unsaturated/α-hetero) is 1. The standard InChI is InChI=1S/C28H35NO5/c1-7-9-14-29-24(18-11-13-21(30)22(15-18)34-8-2)23(26(32)27(29)33)25(31)20-16-19(28(4,5)6)12-10-17(20)3/h10-13,15-16,24,30-31H,7-9,14H2,1-6H3/b25-23+. The maximum atomic E-state index is 13.3. The van der Waals surface area contributed by atoms with E-state index in [2.05, 4.69) is 20.8 Å². The van der Waals surface area contributed by atoms with Crippen molar-refractivity contribution in [2.24, 2.45) is 0 Å². The number of hydrogen-bond acceptors (Lipinski definition) is 5. The van der Waals surface area contributed by atoms with Crippen molar-refractivity contribution in [2.45, 2.75) is 65.8 Å². The number of carbonyl (C=O) groups is 2. The highest BCUT2D eigenvalue weighted by Crippen LogP contribution is 2.42. The SMILES string of the molecule is CCCCN1C(=O)C(=O)/C(=C(/O)c2cc(C(C)(C)C)ccc2C)C1c1ccc(O)c(OCC)c1. The summed E-state index contributed by atoms with van der Waals surface area (Å²) in [4.78, 5) is 27.9. The Hall–Kier alpha value is -3.28. The lowest BCUT2D eigenvalue weighted by atomic mass is 9.84. The summed E-state index contributed by atoms with van der Waals surface area (Å²) in [6.07, 6.45) is 1.57. The third kappa shape index (κ3) is 4.81. The molecule has 1 atom stereocenters. The second kappa shape index (κ2) is 9.92. The number of nitrogens with zero attached hydrogens (tertiary/aromatic N) is 1. The number of carbonyl (C=O) groups excluding carboxylic acids is 2. The van der Waals surface area contributed by atoms with Crippen molar-refractivity contribution < 1.29 is 24.5 Å². The Kier molecular flexibility index (Phi) is 7.39. The average molecular weight is 466 g/mol. The van der Waals surface area contributed by atoms with Gasteiger partial charge in [0.25, 0.3) is 11.7 Å². The lowest BCUT2D eigenvalue weighted by molar-refractivity contribution is -0.139. The molecule has 1 heterocycles. The molecule has 0 aliphatic carbocycles. The van der Waals surface area contributed by atoms with Crippen LogP contribution in [0.1, 0.15) is 75.8 Å². The molecule has 34 heavy (non-hydrogen) atoms. The predicted octanol–water partition coefficient (Wildman–Crippen LogP) is 5.62. The van der Waals surface area contributed by atoms with E-state index in [0.29, 0.717) is 24.3 Å². The Balaban J connectivity index is 2.25. The van der Waals surface area contributed by atoms with Crippen LogP contribution in [0.15, 0.2) is 42.0 Å². The zero-order valence-electron chi connectivity index (χ0n) is 20.9. The number of hydrogen-bond donors (Lipinski definition) is 2. The Morgan fingerprint density at radius 3 is 2.41 bits per heavy atom. The lowest BCUT2D eigenvalue weighted by Crippen LogP contribution is -2.30. The second-order valence-corrected chi connectivity index (χ2v) is 9.79. The molecule has 2 aromatic carbocycles. The normalized spacial score (nSPS) is 17.9. The van der Waals surface area contributed by atoms with Gasteiger partial charge in [0.2, 0.25) is 0 Å². The summed E-state index contributed by atoms with van der Waals surface area (Å²) in [6.45, 7) is 12.7. The highest BCUT2D eigenvalue weighted by molar-refractivity contribution is 6.46. The highest BCUT2D eigenvalue weighted by Gasteiger charge is 2.46. The number of unbranched alkanes of at least 4 members (excludes halogenated alkanes) is 1. The van der Waals surface area contributed by atoms with E-state index in [1.165, 1.54) is 11.0 Å². The van der Waals surface area contributed by atoms with E-state index >= 15 is 0 Å². The molecule has 1 aliphatic rings. The lowest BCUT2D eigenvalue weighted by Gasteiger charge is -2.26. The van der Waals surface area contributed by atoms with E-state index in [9.17, 15) is 19.8 Å². The van der Waals surface area contributed by atoms with Gasteiger partial charge in [0.05, 0.1) is 18.2 Å². The van der Waals surface area contributed by atoms with Crippen LogP contribution in [0.25, 0.3) is 5.76 Å². The van der Waals surface area contributed by atoms with Crippen LogP contribution >= 0.6 is 0 Å². The molecular weight excluding hydrogens is 430 g/mol. The summed E-state index contributed by atoms with van der Waals surface area (Å²) >= 11 is 0. The predicted molar refractivity (Wildman–Crippen MR) is 133 cm³/mol. The zero-order valence-corrected chi connectivity index (χ0v) is 20.9. The summed E-state index contributed by atoms with van der Waals surface area (Å²) in [6, 6.07) is 9.85.